The van der Waals surface area contributed by atoms with Gasteiger partial charge in [-0.15, -0.1) is 5.10 Å². The van der Waals surface area contributed by atoms with Crippen LogP contribution in [0.5, 0.6) is 0 Å². The van der Waals surface area contributed by atoms with Gasteiger partial charge in [0.1, 0.15) is 5.69 Å². The average molecular weight is 455 g/mol. The second-order valence-electron chi connectivity index (χ2n) is 7.77. The fourth-order valence-corrected chi connectivity index (χ4v) is 3.42. The summed E-state index contributed by atoms with van der Waals surface area (Å²) in [5.41, 5.74) is 3.94. The summed E-state index contributed by atoms with van der Waals surface area (Å²) < 4.78 is 1.73. The Hall–Kier alpha value is -4.46. The normalized spacial score (nSPS) is 10.5. The highest BCUT2D eigenvalue weighted by molar-refractivity contribution is 5.96. The minimum Gasteiger partial charge on any atom is -0.352 e. The van der Waals surface area contributed by atoms with Crippen LogP contribution in [0.2, 0.25) is 0 Å². The van der Waals surface area contributed by atoms with Crippen LogP contribution in [0.1, 0.15) is 27.2 Å². The standard InChI is InChI=1S/C26H26N6O2/c33-25(27-15-14-20-8-3-1-4-9-20)22-12-7-13-23(16-22)29-26(34)28-17-24-19-32(31-30-24)18-21-10-5-2-6-11-21/h1-13,16,19H,14-15,17-18H2,(H,27,33)(H2,28,29,34). The first kappa shape index (κ1) is 22.7. The number of hydrogen-bond donors (Lipinski definition) is 3. The molecule has 0 unspecified atom stereocenters. The molecule has 0 radical (unpaired) electrons. The number of hydrogen-bond acceptors (Lipinski definition) is 4. The van der Waals surface area contributed by atoms with Crippen molar-refractivity contribution >= 4 is 17.6 Å². The first-order valence-electron chi connectivity index (χ1n) is 11.1. The third-order valence-electron chi connectivity index (χ3n) is 5.13. The van der Waals surface area contributed by atoms with E-state index < -0.39 is 0 Å². The summed E-state index contributed by atoms with van der Waals surface area (Å²) in [4.78, 5) is 24.8. The topological polar surface area (TPSA) is 101 Å². The molecular formula is C26H26N6O2. The average Bonchev–Trinajstić information content (AvgIpc) is 3.31. The molecule has 0 aliphatic heterocycles. The lowest BCUT2D eigenvalue weighted by atomic mass is 10.1. The van der Waals surface area contributed by atoms with Crippen molar-refractivity contribution in [1.82, 2.24) is 25.6 Å². The molecule has 0 aliphatic carbocycles. The molecule has 0 saturated carbocycles. The van der Waals surface area contributed by atoms with E-state index in [4.69, 9.17) is 0 Å². The predicted molar refractivity (Wildman–Crippen MR) is 130 cm³/mol. The van der Waals surface area contributed by atoms with Crippen LogP contribution < -0.4 is 16.0 Å². The van der Waals surface area contributed by atoms with Crippen LogP contribution in [-0.4, -0.2) is 33.5 Å². The number of aromatic nitrogens is 3. The Labute approximate surface area is 198 Å². The van der Waals surface area contributed by atoms with Crippen molar-refractivity contribution in [2.24, 2.45) is 0 Å². The van der Waals surface area contributed by atoms with Crippen LogP contribution >= 0.6 is 0 Å². The van der Waals surface area contributed by atoms with Crippen LogP contribution in [0.25, 0.3) is 0 Å². The van der Waals surface area contributed by atoms with E-state index in [9.17, 15) is 9.59 Å². The Morgan fingerprint density at radius 3 is 2.32 bits per heavy atom. The number of carbonyl (C=O) groups is 2. The van der Waals surface area contributed by atoms with Crippen LogP contribution in [0.15, 0.2) is 91.1 Å². The molecule has 0 fully saturated rings. The number of urea groups is 1. The maximum absolute atomic E-state index is 12.5. The van der Waals surface area contributed by atoms with Gasteiger partial charge < -0.3 is 16.0 Å². The van der Waals surface area contributed by atoms with Crippen LogP contribution in [-0.2, 0) is 19.5 Å². The highest BCUT2D eigenvalue weighted by Gasteiger charge is 2.09. The lowest BCUT2D eigenvalue weighted by molar-refractivity contribution is 0.0954. The van der Waals surface area contributed by atoms with Crippen molar-refractivity contribution in [1.29, 1.82) is 0 Å². The third kappa shape index (κ3) is 6.77. The number of anilines is 1. The number of carbonyl (C=O) groups excluding carboxylic acids is 2. The molecule has 0 bridgehead atoms. The Kier molecular flexibility index (Phi) is 7.63. The molecule has 172 valence electrons. The Morgan fingerprint density at radius 2 is 1.56 bits per heavy atom. The van der Waals surface area contributed by atoms with Crippen LogP contribution in [0, 0.1) is 0 Å². The summed E-state index contributed by atoms with van der Waals surface area (Å²) in [6.45, 7) is 1.38. The first-order valence-corrected chi connectivity index (χ1v) is 11.1. The van der Waals surface area contributed by atoms with Gasteiger partial charge in [0.05, 0.1) is 19.3 Å². The molecule has 3 amide bonds. The molecule has 0 spiro atoms. The van der Waals surface area contributed by atoms with Gasteiger partial charge in [-0.2, -0.15) is 0 Å². The highest BCUT2D eigenvalue weighted by atomic mass is 16.2. The molecule has 1 aromatic heterocycles. The molecule has 0 atom stereocenters. The van der Waals surface area contributed by atoms with Gasteiger partial charge in [0.25, 0.3) is 5.91 Å². The SMILES string of the molecule is O=C(NCc1cn(Cc2ccccc2)nn1)Nc1cccc(C(=O)NCCc2ccccc2)c1. The summed E-state index contributed by atoms with van der Waals surface area (Å²) >= 11 is 0. The number of rotatable bonds is 9. The fourth-order valence-electron chi connectivity index (χ4n) is 3.42. The smallest absolute Gasteiger partial charge is 0.319 e. The second-order valence-corrected chi connectivity index (χ2v) is 7.77. The van der Waals surface area contributed by atoms with Gasteiger partial charge in [0.2, 0.25) is 0 Å². The van der Waals surface area contributed by atoms with E-state index in [1.54, 1.807) is 35.1 Å². The third-order valence-corrected chi connectivity index (χ3v) is 5.13. The van der Waals surface area contributed by atoms with Gasteiger partial charge >= 0.3 is 6.03 Å². The number of amides is 3. The van der Waals surface area contributed by atoms with E-state index in [1.807, 2.05) is 60.7 Å². The van der Waals surface area contributed by atoms with E-state index in [0.717, 1.165) is 17.5 Å². The van der Waals surface area contributed by atoms with Gasteiger partial charge in [-0.3, -0.25) is 4.79 Å². The van der Waals surface area contributed by atoms with Gasteiger partial charge in [-0.1, -0.05) is 71.9 Å². The van der Waals surface area contributed by atoms with Gasteiger partial charge in [-0.25, -0.2) is 9.48 Å². The monoisotopic (exact) mass is 454 g/mol. The summed E-state index contributed by atoms with van der Waals surface area (Å²) in [6, 6.07) is 26.4. The molecule has 3 aromatic carbocycles. The van der Waals surface area contributed by atoms with Gasteiger partial charge in [0, 0.05) is 17.8 Å². The predicted octanol–water partition coefficient (Wildman–Crippen LogP) is 3.62. The fraction of sp³-hybridized carbons (Fsp3) is 0.154. The number of nitrogens with zero attached hydrogens (tertiary/aromatic N) is 3. The first-order chi connectivity index (χ1) is 16.7. The molecule has 8 nitrogen and oxygen atoms in total. The summed E-state index contributed by atoms with van der Waals surface area (Å²) in [7, 11) is 0. The van der Waals surface area contributed by atoms with E-state index >= 15 is 0 Å². The maximum atomic E-state index is 12.5. The molecule has 0 aliphatic rings. The zero-order valence-corrected chi connectivity index (χ0v) is 18.6. The minimum absolute atomic E-state index is 0.185. The molecule has 4 aromatic rings. The quantitative estimate of drug-likeness (QED) is 0.360. The molecule has 3 N–H and O–H groups in total. The van der Waals surface area contributed by atoms with Crippen molar-refractivity contribution in [3.05, 3.63) is 114 Å². The molecular weight excluding hydrogens is 428 g/mol. The summed E-state index contributed by atoms with van der Waals surface area (Å²) in [5, 5.41) is 16.6. The van der Waals surface area contributed by atoms with Crippen molar-refractivity contribution in [3.63, 3.8) is 0 Å². The van der Waals surface area contributed by atoms with Crippen molar-refractivity contribution in [3.8, 4) is 0 Å². The largest absolute Gasteiger partial charge is 0.352 e. The molecule has 34 heavy (non-hydrogen) atoms. The lowest BCUT2D eigenvalue weighted by Gasteiger charge is -2.09. The van der Waals surface area contributed by atoms with Crippen LogP contribution in [0.4, 0.5) is 10.5 Å². The second kappa shape index (κ2) is 11.4. The van der Waals surface area contributed by atoms with E-state index in [1.165, 1.54) is 0 Å². The Balaban J connectivity index is 1.23. The molecule has 0 saturated heterocycles. The Morgan fingerprint density at radius 1 is 0.824 bits per heavy atom. The van der Waals surface area contributed by atoms with Crippen molar-refractivity contribution < 1.29 is 9.59 Å². The summed E-state index contributed by atoms with van der Waals surface area (Å²) in [5.74, 6) is -0.185. The van der Waals surface area contributed by atoms with E-state index in [2.05, 4.69) is 26.3 Å². The molecule has 1 heterocycles. The number of nitrogens with one attached hydrogen (secondary N) is 3. The highest BCUT2D eigenvalue weighted by Crippen LogP contribution is 2.11. The zero-order chi connectivity index (χ0) is 23.6. The van der Waals surface area contributed by atoms with E-state index in [-0.39, 0.29) is 18.5 Å². The lowest BCUT2D eigenvalue weighted by Crippen LogP contribution is -2.29. The van der Waals surface area contributed by atoms with Gasteiger partial charge in [0.15, 0.2) is 0 Å². The van der Waals surface area contributed by atoms with Gasteiger partial charge in [-0.05, 0) is 35.7 Å². The van der Waals surface area contributed by atoms with Crippen LogP contribution in [0.3, 0.4) is 0 Å². The molecule has 4 rings (SSSR count). The zero-order valence-electron chi connectivity index (χ0n) is 18.6. The minimum atomic E-state index is -0.390. The Bertz CT molecular complexity index is 1220. The molecule has 8 heteroatoms. The van der Waals surface area contributed by atoms with E-state index in [0.29, 0.717) is 30.0 Å². The number of benzene rings is 3. The maximum Gasteiger partial charge on any atom is 0.319 e. The van der Waals surface area contributed by atoms with Crippen molar-refractivity contribution in [2.45, 2.75) is 19.5 Å². The summed E-state index contributed by atoms with van der Waals surface area (Å²) in [6.07, 6.45) is 2.55. The van der Waals surface area contributed by atoms with Crippen molar-refractivity contribution in [2.75, 3.05) is 11.9 Å².